The van der Waals surface area contributed by atoms with Crippen LogP contribution < -0.4 is 0 Å². The molecule has 1 aromatic rings. The fraction of sp³-hybridized carbons (Fsp3) is 0.455. The molecule has 1 rings (SSSR count). The van der Waals surface area contributed by atoms with Crippen molar-refractivity contribution < 1.29 is 5.11 Å². The molecule has 0 unspecified atom stereocenters. The van der Waals surface area contributed by atoms with Crippen molar-refractivity contribution in [2.24, 2.45) is 0 Å². The van der Waals surface area contributed by atoms with Gasteiger partial charge in [0.1, 0.15) is 0 Å². The van der Waals surface area contributed by atoms with Gasteiger partial charge in [0, 0.05) is 11.8 Å². The highest BCUT2D eigenvalue weighted by Gasteiger charge is 2.12. The number of hydrogen-bond donors (Lipinski definition) is 1. The van der Waals surface area contributed by atoms with E-state index in [2.05, 4.69) is 40.2 Å². The molecule has 0 saturated carbocycles. The number of aliphatic hydroxyl groups is 1. The summed E-state index contributed by atoms with van der Waals surface area (Å²) in [6.45, 7) is 3.65. The maximum absolute atomic E-state index is 9.59. The van der Waals surface area contributed by atoms with Crippen molar-refractivity contribution in [3.05, 3.63) is 35.4 Å². The minimum atomic E-state index is -0.615. The van der Waals surface area contributed by atoms with Crippen molar-refractivity contribution in [3.8, 4) is 0 Å². The van der Waals surface area contributed by atoms with E-state index in [1.54, 1.807) is 0 Å². The average Bonchev–Trinajstić information content (AvgIpc) is 2.03. The summed E-state index contributed by atoms with van der Waals surface area (Å²) in [5.74, 6) is 0. The molecule has 0 aromatic heterocycles. The predicted molar refractivity (Wildman–Crippen MR) is 59.1 cm³/mol. The molecular weight excluding hydrogens is 228 g/mol. The lowest BCUT2D eigenvalue weighted by Gasteiger charge is -2.16. The van der Waals surface area contributed by atoms with Crippen LogP contribution in [0.25, 0.3) is 0 Å². The molecule has 0 bridgehead atoms. The molecule has 0 spiro atoms. The first-order chi connectivity index (χ1) is 6.01. The van der Waals surface area contributed by atoms with Crippen molar-refractivity contribution in [2.75, 3.05) is 0 Å². The van der Waals surface area contributed by atoms with E-state index >= 15 is 0 Å². The highest BCUT2D eigenvalue weighted by atomic mass is 79.9. The number of rotatable bonds is 3. The van der Waals surface area contributed by atoms with Gasteiger partial charge in [-0.1, -0.05) is 40.2 Å². The molecule has 0 amide bonds. The summed E-state index contributed by atoms with van der Waals surface area (Å²) < 4.78 is 0. The molecule has 0 fully saturated rings. The van der Waals surface area contributed by atoms with Crippen molar-refractivity contribution in [1.29, 1.82) is 0 Å². The first kappa shape index (κ1) is 10.7. The first-order valence-corrected chi connectivity index (χ1v) is 5.49. The molecule has 2 heteroatoms. The minimum absolute atomic E-state index is 0.615. The molecule has 0 heterocycles. The largest absolute Gasteiger partial charge is 0.390 e. The van der Waals surface area contributed by atoms with Gasteiger partial charge in [-0.05, 0) is 25.0 Å². The monoisotopic (exact) mass is 242 g/mol. The van der Waals surface area contributed by atoms with Gasteiger partial charge in [-0.2, -0.15) is 0 Å². The van der Waals surface area contributed by atoms with Gasteiger partial charge in [0.25, 0.3) is 0 Å². The maximum Gasteiger partial charge on any atom is 0.0631 e. The number of halogens is 1. The van der Waals surface area contributed by atoms with E-state index in [1.807, 2.05) is 13.8 Å². The second kappa shape index (κ2) is 4.25. The van der Waals surface area contributed by atoms with Crippen molar-refractivity contribution in [2.45, 2.75) is 31.2 Å². The summed E-state index contributed by atoms with van der Waals surface area (Å²) in [7, 11) is 0. The average molecular weight is 243 g/mol. The van der Waals surface area contributed by atoms with Crippen LogP contribution in [0.3, 0.4) is 0 Å². The van der Waals surface area contributed by atoms with E-state index in [4.69, 9.17) is 0 Å². The molecule has 0 aliphatic rings. The Hall–Kier alpha value is -0.340. The molecule has 1 N–H and O–H groups in total. The Labute approximate surface area is 87.9 Å². The van der Waals surface area contributed by atoms with E-state index in [0.717, 1.165) is 5.33 Å². The van der Waals surface area contributed by atoms with E-state index in [1.165, 1.54) is 11.1 Å². The van der Waals surface area contributed by atoms with Crippen LogP contribution in [0, 0.1) is 0 Å². The normalized spacial score (nSPS) is 11.7. The third-order valence-electron chi connectivity index (χ3n) is 1.81. The zero-order valence-corrected chi connectivity index (χ0v) is 9.63. The second-order valence-electron chi connectivity index (χ2n) is 3.94. The van der Waals surface area contributed by atoms with Gasteiger partial charge in [0.05, 0.1) is 5.60 Å². The highest BCUT2D eigenvalue weighted by molar-refractivity contribution is 9.08. The third-order valence-corrected chi connectivity index (χ3v) is 2.46. The van der Waals surface area contributed by atoms with Gasteiger partial charge < -0.3 is 5.11 Å². The Morgan fingerprint density at radius 2 is 1.62 bits per heavy atom. The quantitative estimate of drug-likeness (QED) is 0.809. The van der Waals surface area contributed by atoms with Crippen LogP contribution in [0.4, 0.5) is 0 Å². The number of benzene rings is 1. The minimum Gasteiger partial charge on any atom is -0.390 e. The molecular formula is C11H15BrO. The molecule has 72 valence electrons. The first-order valence-electron chi connectivity index (χ1n) is 4.37. The summed E-state index contributed by atoms with van der Waals surface area (Å²) in [5.41, 5.74) is 1.83. The zero-order valence-electron chi connectivity index (χ0n) is 8.05. The Kier molecular flexibility index (Phi) is 3.51. The summed E-state index contributed by atoms with van der Waals surface area (Å²) in [6, 6.07) is 8.29. The van der Waals surface area contributed by atoms with Gasteiger partial charge >= 0.3 is 0 Å². The van der Waals surface area contributed by atoms with Crippen LogP contribution in [-0.2, 0) is 11.8 Å². The topological polar surface area (TPSA) is 20.2 Å². The van der Waals surface area contributed by atoms with E-state index < -0.39 is 5.60 Å². The summed E-state index contributed by atoms with van der Waals surface area (Å²) in [5, 5.41) is 10.5. The van der Waals surface area contributed by atoms with Gasteiger partial charge in [-0.3, -0.25) is 0 Å². The molecule has 0 aliphatic carbocycles. The molecule has 13 heavy (non-hydrogen) atoms. The van der Waals surface area contributed by atoms with Crippen LogP contribution in [-0.4, -0.2) is 10.7 Å². The highest BCUT2D eigenvalue weighted by Crippen LogP contribution is 2.14. The van der Waals surface area contributed by atoms with Crippen LogP contribution >= 0.6 is 15.9 Å². The standard InChI is InChI=1S/C11H15BrO/c1-11(2,13)7-9-3-5-10(8-12)6-4-9/h3-6,13H,7-8H2,1-2H3. The fourth-order valence-corrected chi connectivity index (χ4v) is 1.62. The van der Waals surface area contributed by atoms with Crippen molar-refractivity contribution in [3.63, 3.8) is 0 Å². The molecule has 0 aliphatic heterocycles. The molecule has 1 aromatic carbocycles. The van der Waals surface area contributed by atoms with E-state index in [9.17, 15) is 5.11 Å². The maximum atomic E-state index is 9.59. The Balaban J connectivity index is 2.70. The van der Waals surface area contributed by atoms with Crippen LogP contribution in [0.1, 0.15) is 25.0 Å². The Morgan fingerprint density at radius 1 is 1.15 bits per heavy atom. The smallest absolute Gasteiger partial charge is 0.0631 e. The molecule has 1 nitrogen and oxygen atoms in total. The van der Waals surface area contributed by atoms with Crippen LogP contribution in [0.2, 0.25) is 0 Å². The summed E-state index contributed by atoms with van der Waals surface area (Å²) in [6.07, 6.45) is 0.704. The second-order valence-corrected chi connectivity index (χ2v) is 4.50. The Bertz CT molecular complexity index is 258. The lowest BCUT2D eigenvalue weighted by molar-refractivity contribution is 0.0810. The van der Waals surface area contributed by atoms with Gasteiger partial charge in [0.2, 0.25) is 0 Å². The van der Waals surface area contributed by atoms with E-state index in [-0.39, 0.29) is 0 Å². The number of hydrogen-bond acceptors (Lipinski definition) is 1. The lowest BCUT2D eigenvalue weighted by Crippen LogP contribution is -2.21. The van der Waals surface area contributed by atoms with Crippen molar-refractivity contribution in [1.82, 2.24) is 0 Å². The van der Waals surface area contributed by atoms with E-state index in [0.29, 0.717) is 6.42 Å². The van der Waals surface area contributed by atoms with Gasteiger partial charge in [-0.15, -0.1) is 0 Å². The summed E-state index contributed by atoms with van der Waals surface area (Å²) >= 11 is 3.39. The molecule has 0 atom stereocenters. The molecule has 0 saturated heterocycles. The van der Waals surface area contributed by atoms with Gasteiger partial charge in [0.15, 0.2) is 0 Å². The molecule has 0 radical (unpaired) electrons. The third kappa shape index (κ3) is 3.92. The fourth-order valence-electron chi connectivity index (χ4n) is 1.25. The van der Waals surface area contributed by atoms with Gasteiger partial charge in [-0.25, -0.2) is 0 Å². The van der Waals surface area contributed by atoms with Crippen LogP contribution in [0.5, 0.6) is 0 Å². The summed E-state index contributed by atoms with van der Waals surface area (Å²) in [4.78, 5) is 0. The Morgan fingerprint density at radius 3 is 2.00 bits per heavy atom. The predicted octanol–water partition coefficient (Wildman–Crippen LogP) is 2.89. The van der Waals surface area contributed by atoms with Crippen molar-refractivity contribution >= 4 is 15.9 Å². The zero-order chi connectivity index (χ0) is 9.90. The number of alkyl halides is 1. The SMILES string of the molecule is CC(C)(O)Cc1ccc(CBr)cc1. The lowest BCUT2D eigenvalue weighted by atomic mass is 9.98. The van der Waals surface area contributed by atoms with Crippen LogP contribution in [0.15, 0.2) is 24.3 Å².